The molecule has 0 N–H and O–H groups in total. The molecule has 4 rings (SSSR count). The number of rotatable bonds is 4. The zero-order valence-electron chi connectivity index (χ0n) is 17.8. The van der Waals surface area contributed by atoms with E-state index in [0.29, 0.717) is 13.1 Å². The fraction of sp³-hybridized carbons (Fsp3) is 0.435. The van der Waals surface area contributed by atoms with Gasteiger partial charge < -0.3 is 19.4 Å². The molecule has 2 aliphatic rings. The second-order valence-electron chi connectivity index (χ2n) is 7.92. The van der Waals surface area contributed by atoms with Crippen molar-refractivity contribution in [3.63, 3.8) is 0 Å². The molecule has 158 valence electrons. The van der Waals surface area contributed by atoms with E-state index in [1.165, 1.54) is 5.69 Å². The van der Waals surface area contributed by atoms with Crippen LogP contribution in [0.15, 0.2) is 48.2 Å². The SMILES string of the molecule is CC(C)=CC(=O)N1CCN(c2nccc(-c3ccc(N4CCOCC4)cc3)n2)CC1. The molecule has 30 heavy (non-hydrogen) atoms. The molecule has 2 aliphatic heterocycles. The van der Waals surface area contributed by atoms with Crippen LogP contribution in [0.3, 0.4) is 0 Å². The molecular weight excluding hydrogens is 378 g/mol. The monoisotopic (exact) mass is 407 g/mol. The van der Waals surface area contributed by atoms with Crippen LogP contribution in [-0.4, -0.2) is 73.3 Å². The topological polar surface area (TPSA) is 61.8 Å². The summed E-state index contributed by atoms with van der Waals surface area (Å²) in [5.41, 5.74) is 4.23. The third-order valence-electron chi connectivity index (χ3n) is 5.47. The highest BCUT2D eigenvalue weighted by atomic mass is 16.5. The fourth-order valence-electron chi connectivity index (χ4n) is 3.79. The van der Waals surface area contributed by atoms with Crippen LogP contribution in [0.4, 0.5) is 11.6 Å². The fourth-order valence-corrected chi connectivity index (χ4v) is 3.79. The van der Waals surface area contributed by atoms with Crippen molar-refractivity contribution in [1.82, 2.24) is 14.9 Å². The maximum Gasteiger partial charge on any atom is 0.246 e. The van der Waals surface area contributed by atoms with Crippen LogP contribution in [0, 0.1) is 0 Å². The number of aromatic nitrogens is 2. The summed E-state index contributed by atoms with van der Waals surface area (Å²) in [6.07, 6.45) is 3.52. The summed E-state index contributed by atoms with van der Waals surface area (Å²) < 4.78 is 5.43. The number of allylic oxidation sites excluding steroid dienone is 1. The molecule has 0 unspecified atom stereocenters. The lowest BCUT2D eigenvalue weighted by molar-refractivity contribution is -0.126. The Hall–Kier alpha value is -2.93. The van der Waals surface area contributed by atoms with Crippen molar-refractivity contribution in [2.24, 2.45) is 0 Å². The van der Waals surface area contributed by atoms with Gasteiger partial charge in [-0.15, -0.1) is 0 Å². The van der Waals surface area contributed by atoms with Crippen molar-refractivity contribution in [3.8, 4) is 11.3 Å². The van der Waals surface area contributed by atoms with Crippen molar-refractivity contribution in [3.05, 3.63) is 48.2 Å². The highest BCUT2D eigenvalue weighted by Gasteiger charge is 2.21. The largest absolute Gasteiger partial charge is 0.378 e. The van der Waals surface area contributed by atoms with Crippen molar-refractivity contribution in [1.29, 1.82) is 0 Å². The first kappa shape index (κ1) is 20.3. The molecule has 7 heteroatoms. The number of amides is 1. The average molecular weight is 408 g/mol. The van der Waals surface area contributed by atoms with Crippen molar-refractivity contribution in [2.75, 3.05) is 62.3 Å². The zero-order chi connectivity index (χ0) is 20.9. The highest BCUT2D eigenvalue weighted by Crippen LogP contribution is 2.24. The Bertz CT molecular complexity index is 894. The predicted molar refractivity (Wildman–Crippen MR) is 119 cm³/mol. The standard InChI is InChI=1S/C23H29N5O2/c1-18(2)17-22(29)27-9-11-28(12-10-27)23-24-8-7-21(25-23)19-3-5-20(6-4-19)26-13-15-30-16-14-26/h3-8,17H,9-16H2,1-2H3. The van der Waals surface area contributed by atoms with Crippen molar-refractivity contribution in [2.45, 2.75) is 13.8 Å². The molecule has 0 radical (unpaired) electrons. The van der Waals surface area contributed by atoms with Gasteiger partial charge in [-0.05, 0) is 32.0 Å². The number of carbonyl (C=O) groups excluding carboxylic acids is 1. The zero-order valence-corrected chi connectivity index (χ0v) is 17.8. The average Bonchev–Trinajstić information content (AvgIpc) is 2.79. The smallest absolute Gasteiger partial charge is 0.246 e. The molecule has 0 atom stereocenters. The molecule has 0 saturated carbocycles. The minimum absolute atomic E-state index is 0.0877. The van der Waals surface area contributed by atoms with Gasteiger partial charge >= 0.3 is 0 Å². The molecule has 2 saturated heterocycles. The number of hydrogen-bond donors (Lipinski definition) is 0. The van der Waals surface area contributed by atoms with Gasteiger partial charge in [-0.2, -0.15) is 0 Å². The van der Waals surface area contributed by atoms with Gasteiger partial charge in [-0.3, -0.25) is 4.79 Å². The number of carbonyl (C=O) groups is 1. The highest BCUT2D eigenvalue weighted by molar-refractivity contribution is 5.88. The summed E-state index contributed by atoms with van der Waals surface area (Å²) in [6, 6.07) is 10.5. The molecule has 0 aliphatic carbocycles. The number of hydrogen-bond acceptors (Lipinski definition) is 6. The second-order valence-corrected chi connectivity index (χ2v) is 7.92. The molecule has 2 aromatic rings. The van der Waals surface area contributed by atoms with Crippen LogP contribution in [0.5, 0.6) is 0 Å². The molecule has 1 amide bonds. The van der Waals surface area contributed by atoms with E-state index < -0.39 is 0 Å². The summed E-state index contributed by atoms with van der Waals surface area (Å²) >= 11 is 0. The Morgan fingerprint density at radius 3 is 2.30 bits per heavy atom. The predicted octanol–water partition coefficient (Wildman–Crippen LogP) is 2.60. The first-order valence-electron chi connectivity index (χ1n) is 10.5. The van der Waals surface area contributed by atoms with E-state index in [2.05, 4.69) is 39.0 Å². The number of nitrogens with zero attached hydrogens (tertiary/aromatic N) is 5. The maximum atomic E-state index is 12.2. The van der Waals surface area contributed by atoms with Gasteiger partial charge in [0.15, 0.2) is 0 Å². The number of piperazine rings is 1. The quantitative estimate of drug-likeness (QED) is 0.726. The molecular formula is C23H29N5O2. The third-order valence-corrected chi connectivity index (χ3v) is 5.47. The third kappa shape index (κ3) is 4.79. The Labute approximate surface area is 178 Å². The molecule has 2 fully saturated rings. The van der Waals surface area contributed by atoms with Crippen LogP contribution in [-0.2, 0) is 9.53 Å². The van der Waals surface area contributed by atoms with E-state index in [0.717, 1.165) is 62.2 Å². The van der Waals surface area contributed by atoms with Gasteiger partial charge in [0.2, 0.25) is 11.9 Å². The number of morpholine rings is 1. The van der Waals surface area contributed by atoms with Gasteiger partial charge in [0.25, 0.3) is 0 Å². The van der Waals surface area contributed by atoms with Gasteiger partial charge in [0.05, 0.1) is 18.9 Å². The van der Waals surface area contributed by atoms with E-state index in [9.17, 15) is 4.79 Å². The van der Waals surface area contributed by atoms with Gasteiger partial charge in [0, 0.05) is 62.8 Å². The molecule has 1 aromatic carbocycles. The van der Waals surface area contributed by atoms with Crippen LogP contribution >= 0.6 is 0 Å². The van der Waals surface area contributed by atoms with E-state index >= 15 is 0 Å². The Morgan fingerprint density at radius 1 is 0.933 bits per heavy atom. The van der Waals surface area contributed by atoms with Gasteiger partial charge in [-0.1, -0.05) is 17.7 Å². The van der Waals surface area contributed by atoms with E-state index in [1.54, 1.807) is 6.08 Å². The number of anilines is 2. The lowest BCUT2D eigenvalue weighted by Crippen LogP contribution is -2.48. The van der Waals surface area contributed by atoms with E-state index in [4.69, 9.17) is 9.72 Å². The second kappa shape index (κ2) is 9.26. The lowest BCUT2D eigenvalue weighted by atomic mass is 10.1. The summed E-state index contributed by atoms with van der Waals surface area (Å²) in [5, 5.41) is 0. The minimum atomic E-state index is 0.0877. The summed E-state index contributed by atoms with van der Waals surface area (Å²) in [4.78, 5) is 27.9. The van der Waals surface area contributed by atoms with Crippen molar-refractivity contribution >= 4 is 17.5 Å². The number of ether oxygens (including phenoxy) is 1. The molecule has 0 bridgehead atoms. The summed E-state index contributed by atoms with van der Waals surface area (Å²) in [5.74, 6) is 0.809. The molecule has 0 spiro atoms. The normalized spacial score (nSPS) is 17.1. The molecule has 1 aromatic heterocycles. The van der Waals surface area contributed by atoms with Gasteiger partial charge in [0.1, 0.15) is 0 Å². The van der Waals surface area contributed by atoms with Gasteiger partial charge in [-0.25, -0.2) is 9.97 Å². The van der Waals surface area contributed by atoms with Crippen LogP contribution in [0.1, 0.15) is 13.8 Å². The van der Waals surface area contributed by atoms with Crippen molar-refractivity contribution < 1.29 is 9.53 Å². The first-order chi connectivity index (χ1) is 14.6. The Kier molecular flexibility index (Phi) is 6.28. The Balaban J connectivity index is 1.42. The van der Waals surface area contributed by atoms with E-state index in [-0.39, 0.29) is 5.91 Å². The maximum absolute atomic E-state index is 12.2. The first-order valence-corrected chi connectivity index (χ1v) is 10.5. The van der Waals surface area contributed by atoms with Crippen LogP contribution < -0.4 is 9.80 Å². The lowest BCUT2D eigenvalue weighted by Gasteiger charge is -2.34. The molecule has 7 nitrogen and oxygen atoms in total. The number of benzene rings is 1. The molecule has 3 heterocycles. The Morgan fingerprint density at radius 2 is 1.63 bits per heavy atom. The summed E-state index contributed by atoms with van der Waals surface area (Å²) in [7, 11) is 0. The minimum Gasteiger partial charge on any atom is -0.378 e. The van der Waals surface area contributed by atoms with Crippen LogP contribution in [0.25, 0.3) is 11.3 Å². The van der Waals surface area contributed by atoms with Crippen LogP contribution in [0.2, 0.25) is 0 Å². The summed E-state index contributed by atoms with van der Waals surface area (Å²) in [6.45, 7) is 10.2. The van der Waals surface area contributed by atoms with E-state index in [1.807, 2.05) is 31.0 Å².